The van der Waals surface area contributed by atoms with Gasteiger partial charge in [-0.1, -0.05) is 0 Å². The van der Waals surface area contributed by atoms with Crippen LogP contribution in [-0.4, -0.2) is 24.0 Å². The van der Waals surface area contributed by atoms with E-state index in [2.05, 4.69) is 4.89 Å². The highest BCUT2D eigenvalue weighted by atomic mass is 35.5. The van der Waals surface area contributed by atoms with Gasteiger partial charge in [0.05, 0.1) is 18.4 Å². The van der Waals surface area contributed by atoms with Crippen LogP contribution in [0.25, 0.3) is 0 Å². The maximum atomic E-state index is 5.58. The molecular weight excluding hydrogens is 163 g/mol. The SMILES string of the molecule is ClCC1(CCl)CCOO1. The fourth-order valence-electron chi connectivity index (χ4n) is 0.650. The summed E-state index contributed by atoms with van der Waals surface area (Å²) in [4.78, 5) is 9.55. The van der Waals surface area contributed by atoms with Crippen LogP contribution in [0.2, 0.25) is 0 Å². The Bertz CT molecular complexity index is 85.0. The summed E-state index contributed by atoms with van der Waals surface area (Å²) in [6.07, 6.45) is 0.792. The molecular formula is C5H8Cl2O2. The van der Waals surface area contributed by atoms with Crippen molar-refractivity contribution in [1.82, 2.24) is 0 Å². The van der Waals surface area contributed by atoms with Gasteiger partial charge in [0.1, 0.15) is 5.60 Å². The third-order valence-corrected chi connectivity index (χ3v) is 2.34. The van der Waals surface area contributed by atoms with Gasteiger partial charge < -0.3 is 0 Å². The zero-order valence-corrected chi connectivity index (χ0v) is 6.41. The van der Waals surface area contributed by atoms with Crippen LogP contribution in [0, 0.1) is 0 Å². The van der Waals surface area contributed by atoms with Gasteiger partial charge in [0.2, 0.25) is 0 Å². The van der Waals surface area contributed by atoms with Gasteiger partial charge in [-0.05, 0) is 0 Å². The van der Waals surface area contributed by atoms with Gasteiger partial charge in [-0.2, -0.15) is 0 Å². The van der Waals surface area contributed by atoms with Gasteiger partial charge in [-0.15, -0.1) is 23.2 Å². The monoisotopic (exact) mass is 170 g/mol. The Morgan fingerprint density at radius 3 is 2.22 bits per heavy atom. The molecule has 0 amide bonds. The van der Waals surface area contributed by atoms with Crippen LogP contribution in [0.1, 0.15) is 6.42 Å². The Kier molecular flexibility index (Phi) is 2.59. The van der Waals surface area contributed by atoms with Crippen molar-refractivity contribution >= 4 is 23.2 Å². The minimum Gasteiger partial charge on any atom is -0.236 e. The Balaban J connectivity index is 2.45. The van der Waals surface area contributed by atoms with Gasteiger partial charge in [0, 0.05) is 6.42 Å². The van der Waals surface area contributed by atoms with Gasteiger partial charge >= 0.3 is 0 Å². The third-order valence-electron chi connectivity index (χ3n) is 1.36. The van der Waals surface area contributed by atoms with E-state index in [1.165, 1.54) is 0 Å². The highest BCUT2D eigenvalue weighted by molar-refractivity contribution is 6.21. The Labute approximate surface area is 64.0 Å². The molecule has 1 heterocycles. The second-order valence-electron chi connectivity index (χ2n) is 2.11. The Morgan fingerprint density at radius 2 is 2.00 bits per heavy atom. The van der Waals surface area contributed by atoms with E-state index in [1.54, 1.807) is 0 Å². The summed E-state index contributed by atoms with van der Waals surface area (Å²) < 4.78 is 0. The maximum Gasteiger partial charge on any atom is 0.133 e. The molecule has 0 saturated carbocycles. The lowest BCUT2D eigenvalue weighted by Crippen LogP contribution is -2.31. The molecule has 1 aliphatic rings. The average Bonchev–Trinajstić information content (AvgIpc) is 2.36. The summed E-state index contributed by atoms with van der Waals surface area (Å²) >= 11 is 11.2. The topological polar surface area (TPSA) is 18.5 Å². The molecule has 54 valence electrons. The predicted octanol–water partition coefficient (Wildman–Crippen LogP) is 1.55. The van der Waals surface area contributed by atoms with Crippen molar-refractivity contribution in [3.8, 4) is 0 Å². The van der Waals surface area contributed by atoms with Crippen molar-refractivity contribution in [2.45, 2.75) is 12.0 Å². The lowest BCUT2D eigenvalue weighted by atomic mass is 10.1. The normalized spacial score (nSPS) is 24.7. The van der Waals surface area contributed by atoms with Gasteiger partial charge in [0.15, 0.2) is 0 Å². The van der Waals surface area contributed by atoms with Crippen LogP contribution in [-0.2, 0) is 9.78 Å². The average molecular weight is 171 g/mol. The van der Waals surface area contributed by atoms with Crippen molar-refractivity contribution in [3.63, 3.8) is 0 Å². The molecule has 0 aliphatic carbocycles. The predicted molar refractivity (Wildman–Crippen MR) is 35.8 cm³/mol. The van der Waals surface area contributed by atoms with Crippen molar-refractivity contribution in [2.24, 2.45) is 0 Å². The number of hydrogen-bond acceptors (Lipinski definition) is 2. The Morgan fingerprint density at radius 1 is 1.33 bits per heavy atom. The summed E-state index contributed by atoms with van der Waals surface area (Å²) in [7, 11) is 0. The lowest BCUT2D eigenvalue weighted by molar-refractivity contribution is -0.297. The van der Waals surface area contributed by atoms with E-state index < -0.39 is 5.60 Å². The van der Waals surface area contributed by atoms with Crippen LogP contribution in [0.4, 0.5) is 0 Å². The molecule has 2 nitrogen and oxygen atoms in total. The van der Waals surface area contributed by atoms with E-state index in [0.29, 0.717) is 18.4 Å². The molecule has 4 heteroatoms. The van der Waals surface area contributed by atoms with Crippen LogP contribution >= 0.6 is 23.2 Å². The third kappa shape index (κ3) is 1.49. The molecule has 1 aliphatic heterocycles. The molecule has 1 saturated heterocycles. The molecule has 0 spiro atoms. The second kappa shape index (κ2) is 3.06. The fourth-order valence-corrected chi connectivity index (χ4v) is 1.29. The molecule has 0 bridgehead atoms. The molecule has 0 aromatic carbocycles. The highest BCUT2D eigenvalue weighted by Crippen LogP contribution is 2.25. The van der Waals surface area contributed by atoms with E-state index >= 15 is 0 Å². The number of alkyl halides is 2. The minimum absolute atomic E-state index is 0.399. The molecule has 0 unspecified atom stereocenters. The first-order chi connectivity index (χ1) is 4.33. The molecule has 1 fully saturated rings. The molecule has 0 aromatic heterocycles. The lowest BCUT2D eigenvalue weighted by Gasteiger charge is -2.18. The smallest absolute Gasteiger partial charge is 0.133 e. The first-order valence-electron chi connectivity index (χ1n) is 2.75. The zero-order chi connectivity index (χ0) is 6.74. The Hall–Kier alpha value is 0.500. The highest BCUT2D eigenvalue weighted by Gasteiger charge is 2.35. The quantitative estimate of drug-likeness (QED) is 0.463. The van der Waals surface area contributed by atoms with Crippen LogP contribution < -0.4 is 0 Å². The standard InChI is InChI=1S/C5H8Cl2O2/c6-3-5(4-7)1-2-8-9-5/h1-4H2. The van der Waals surface area contributed by atoms with Crippen LogP contribution in [0.5, 0.6) is 0 Å². The van der Waals surface area contributed by atoms with Crippen molar-refractivity contribution < 1.29 is 9.78 Å². The zero-order valence-electron chi connectivity index (χ0n) is 4.90. The van der Waals surface area contributed by atoms with Crippen molar-refractivity contribution in [3.05, 3.63) is 0 Å². The molecule has 1 rings (SSSR count). The van der Waals surface area contributed by atoms with Gasteiger partial charge in [-0.25, -0.2) is 9.78 Å². The van der Waals surface area contributed by atoms with E-state index in [0.717, 1.165) is 6.42 Å². The van der Waals surface area contributed by atoms with Crippen molar-refractivity contribution in [2.75, 3.05) is 18.4 Å². The van der Waals surface area contributed by atoms with Gasteiger partial charge in [-0.3, -0.25) is 0 Å². The second-order valence-corrected chi connectivity index (χ2v) is 2.64. The minimum atomic E-state index is -0.414. The van der Waals surface area contributed by atoms with E-state index in [4.69, 9.17) is 28.1 Å². The molecule has 0 radical (unpaired) electrons. The summed E-state index contributed by atoms with van der Waals surface area (Å²) in [5.41, 5.74) is -0.414. The first-order valence-corrected chi connectivity index (χ1v) is 3.82. The summed E-state index contributed by atoms with van der Waals surface area (Å²) in [5, 5.41) is 0. The number of halogens is 2. The summed E-state index contributed by atoms with van der Waals surface area (Å²) in [6.45, 7) is 0.597. The summed E-state index contributed by atoms with van der Waals surface area (Å²) in [6, 6.07) is 0. The van der Waals surface area contributed by atoms with E-state index in [9.17, 15) is 0 Å². The van der Waals surface area contributed by atoms with E-state index in [-0.39, 0.29) is 0 Å². The molecule has 9 heavy (non-hydrogen) atoms. The molecule has 0 aromatic rings. The fraction of sp³-hybridized carbons (Fsp3) is 1.00. The van der Waals surface area contributed by atoms with Crippen LogP contribution in [0.3, 0.4) is 0 Å². The van der Waals surface area contributed by atoms with E-state index in [1.807, 2.05) is 0 Å². The first kappa shape index (κ1) is 7.61. The molecule has 0 atom stereocenters. The molecule has 0 N–H and O–H groups in total. The maximum absolute atomic E-state index is 5.58. The summed E-state index contributed by atoms with van der Waals surface area (Å²) in [5.74, 6) is 0.799. The number of hydrogen-bond donors (Lipinski definition) is 0. The largest absolute Gasteiger partial charge is 0.236 e. The van der Waals surface area contributed by atoms with Crippen LogP contribution in [0.15, 0.2) is 0 Å². The van der Waals surface area contributed by atoms with Gasteiger partial charge in [0.25, 0.3) is 0 Å². The number of rotatable bonds is 2. The van der Waals surface area contributed by atoms with Crippen molar-refractivity contribution in [1.29, 1.82) is 0 Å².